The summed E-state index contributed by atoms with van der Waals surface area (Å²) in [5.74, 6) is -5.09. The molecule has 0 saturated heterocycles. The molecule has 0 aliphatic heterocycles. The van der Waals surface area contributed by atoms with E-state index < -0.39 is 41.6 Å². The zero-order chi connectivity index (χ0) is 15.7. The fraction of sp³-hybridized carbons (Fsp3) is 0.214. The molecule has 7 nitrogen and oxygen atoms in total. The number of carboxylic acid groups (broad SMARTS) is 1. The van der Waals surface area contributed by atoms with Crippen LogP contribution in [0.3, 0.4) is 0 Å². The average molecular weight is 292 g/mol. The zero-order valence-corrected chi connectivity index (χ0v) is 10.7. The van der Waals surface area contributed by atoms with Gasteiger partial charge in [0.15, 0.2) is 0 Å². The zero-order valence-electron chi connectivity index (χ0n) is 10.7. The van der Waals surface area contributed by atoms with Crippen LogP contribution in [0.1, 0.15) is 32.7 Å². The summed E-state index contributed by atoms with van der Waals surface area (Å²) in [4.78, 5) is 34.3. The van der Waals surface area contributed by atoms with Crippen molar-refractivity contribution in [3.05, 3.63) is 46.4 Å². The smallest absolute Gasteiger partial charge is 0.305 e. The number of fused-ring (bicyclic) bond motifs is 1. The molecule has 0 radical (unpaired) electrons. The van der Waals surface area contributed by atoms with Crippen molar-refractivity contribution >= 4 is 17.5 Å². The minimum atomic E-state index is -1.24. The van der Waals surface area contributed by atoms with E-state index in [1.807, 2.05) is 0 Å². The van der Waals surface area contributed by atoms with Crippen molar-refractivity contribution in [1.29, 1.82) is 0 Å². The molecule has 1 atom stereocenters. The molecule has 7 heteroatoms. The number of carboxylic acids is 1. The molecule has 0 fully saturated rings. The second-order valence-corrected chi connectivity index (χ2v) is 4.65. The van der Waals surface area contributed by atoms with Gasteiger partial charge in [0.25, 0.3) is 0 Å². The highest BCUT2D eigenvalue weighted by atomic mass is 16.4. The van der Waals surface area contributed by atoms with Crippen molar-refractivity contribution in [2.75, 3.05) is 0 Å². The molecule has 1 aromatic rings. The van der Waals surface area contributed by atoms with Crippen LogP contribution in [0.4, 0.5) is 0 Å². The SMILES string of the molecule is O=C(O)C[C@@H](O)Cc1cccc2c1C(=O)C(O)=C(O)C2=O. The van der Waals surface area contributed by atoms with Gasteiger partial charge in [-0.1, -0.05) is 18.2 Å². The topological polar surface area (TPSA) is 132 Å². The summed E-state index contributed by atoms with van der Waals surface area (Å²) in [6, 6.07) is 4.21. The van der Waals surface area contributed by atoms with Crippen LogP contribution >= 0.6 is 0 Å². The fourth-order valence-electron chi connectivity index (χ4n) is 2.22. The normalized spacial score (nSPS) is 15.9. The minimum absolute atomic E-state index is 0.0877. The second kappa shape index (κ2) is 5.37. The summed E-state index contributed by atoms with van der Waals surface area (Å²) in [6.07, 6.45) is -1.92. The van der Waals surface area contributed by atoms with Gasteiger partial charge in [-0.3, -0.25) is 14.4 Å². The number of ketones is 2. The van der Waals surface area contributed by atoms with Crippen LogP contribution in [0.25, 0.3) is 0 Å². The Morgan fingerprint density at radius 1 is 1.10 bits per heavy atom. The van der Waals surface area contributed by atoms with Gasteiger partial charge in [0.1, 0.15) is 0 Å². The number of benzene rings is 1. The monoisotopic (exact) mass is 292 g/mol. The van der Waals surface area contributed by atoms with Gasteiger partial charge in [-0.2, -0.15) is 0 Å². The van der Waals surface area contributed by atoms with E-state index in [9.17, 15) is 29.7 Å². The molecular weight excluding hydrogens is 280 g/mol. The lowest BCUT2D eigenvalue weighted by atomic mass is 9.86. The third-order valence-electron chi connectivity index (χ3n) is 3.14. The molecule has 1 aliphatic rings. The first-order chi connectivity index (χ1) is 9.82. The molecule has 0 saturated carbocycles. The van der Waals surface area contributed by atoms with E-state index in [0.717, 1.165) is 0 Å². The summed E-state index contributed by atoms with van der Waals surface area (Å²) in [5.41, 5.74) is 0.0243. The number of Topliss-reactive ketones (excluding diaryl/α,β-unsaturated/α-hetero) is 2. The molecule has 110 valence electrons. The van der Waals surface area contributed by atoms with Crippen LogP contribution < -0.4 is 0 Å². The third-order valence-corrected chi connectivity index (χ3v) is 3.14. The first kappa shape index (κ1) is 14.7. The molecule has 0 unspecified atom stereocenters. The number of hydrogen-bond acceptors (Lipinski definition) is 6. The molecular formula is C14H12O7. The molecule has 0 amide bonds. The second-order valence-electron chi connectivity index (χ2n) is 4.65. The van der Waals surface area contributed by atoms with Crippen molar-refractivity contribution in [3.8, 4) is 0 Å². The maximum atomic E-state index is 12.0. The third kappa shape index (κ3) is 2.63. The highest BCUT2D eigenvalue weighted by Crippen LogP contribution is 2.27. The lowest BCUT2D eigenvalue weighted by Gasteiger charge is -2.18. The van der Waals surface area contributed by atoms with Crippen molar-refractivity contribution < 1.29 is 34.8 Å². The molecule has 4 N–H and O–H groups in total. The van der Waals surface area contributed by atoms with Gasteiger partial charge in [-0.05, 0) is 12.0 Å². The van der Waals surface area contributed by atoms with Crippen LogP contribution in [0.2, 0.25) is 0 Å². The predicted molar refractivity (Wildman–Crippen MR) is 69.4 cm³/mol. The van der Waals surface area contributed by atoms with Crippen LogP contribution in [0.5, 0.6) is 0 Å². The maximum Gasteiger partial charge on any atom is 0.305 e. The van der Waals surface area contributed by atoms with E-state index in [1.165, 1.54) is 18.2 Å². The van der Waals surface area contributed by atoms with Crippen molar-refractivity contribution in [2.45, 2.75) is 18.9 Å². The Balaban J connectivity index is 2.44. The molecule has 0 aromatic heterocycles. The molecule has 0 bridgehead atoms. The number of aliphatic carboxylic acids is 1. The number of allylic oxidation sites excluding steroid dienone is 2. The summed E-state index contributed by atoms with van der Waals surface area (Å²) in [5, 5.41) is 37.1. The summed E-state index contributed by atoms with van der Waals surface area (Å²) in [7, 11) is 0. The molecule has 0 spiro atoms. The Morgan fingerprint density at radius 3 is 2.33 bits per heavy atom. The van der Waals surface area contributed by atoms with E-state index in [-0.39, 0.29) is 23.1 Å². The predicted octanol–water partition coefficient (Wildman–Crippen LogP) is 0.771. The summed E-state index contributed by atoms with van der Waals surface area (Å²) < 4.78 is 0. The first-order valence-electron chi connectivity index (χ1n) is 6.06. The van der Waals surface area contributed by atoms with Gasteiger partial charge in [-0.25, -0.2) is 0 Å². The summed E-state index contributed by atoms with van der Waals surface area (Å²) in [6.45, 7) is 0. The molecule has 1 aromatic carbocycles. The fourth-order valence-corrected chi connectivity index (χ4v) is 2.22. The quantitative estimate of drug-likeness (QED) is 0.644. The Kier molecular flexibility index (Phi) is 3.77. The Labute approximate surface area is 118 Å². The van der Waals surface area contributed by atoms with E-state index in [4.69, 9.17) is 5.11 Å². The lowest BCUT2D eigenvalue weighted by molar-refractivity contribution is -0.139. The number of carbonyl (C=O) groups is 3. The Bertz CT molecular complexity index is 672. The van der Waals surface area contributed by atoms with Crippen LogP contribution in [-0.4, -0.2) is 44.1 Å². The average Bonchev–Trinajstić information content (AvgIpc) is 2.41. The van der Waals surface area contributed by atoms with Crippen molar-refractivity contribution in [2.24, 2.45) is 0 Å². The highest BCUT2D eigenvalue weighted by molar-refractivity contribution is 6.25. The van der Waals surface area contributed by atoms with Gasteiger partial charge in [-0.15, -0.1) is 0 Å². The van der Waals surface area contributed by atoms with E-state index in [1.54, 1.807) is 0 Å². The van der Waals surface area contributed by atoms with Gasteiger partial charge in [0.2, 0.25) is 23.1 Å². The Morgan fingerprint density at radius 2 is 1.71 bits per heavy atom. The number of rotatable bonds is 4. The number of aliphatic hydroxyl groups is 3. The van der Waals surface area contributed by atoms with E-state index >= 15 is 0 Å². The highest BCUT2D eigenvalue weighted by Gasteiger charge is 2.34. The van der Waals surface area contributed by atoms with Crippen LogP contribution in [-0.2, 0) is 11.2 Å². The maximum absolute atomic E-state index is 12.0. The van der Waals surface area contributed by atoms with Gasteiger partial charge >= 0.3 is 5.97 Å². The number of aliphatic hydroxyl groups excluding tert-OH is 3. The van der Waals surface area contributed by atoms with Gasteiger partial charge in [0.05, 0.1) is 12.5 Å². The molecule has 2 rings (SSSR count). The molecule has 0 heterocycles. The van der Waals surface area contributed by atoms with Gasteiger partial charge in [0, 0.05) is 11.1 Å². The van der Waals surface area contributed by atoms with Crippen molar-refractivity contribution in [3.63, 3.8) is 0 Å². The largest absolute Gasteiger partial charge is 0.501 e. The van der Waals surface area contributed by atoms with Crippen LogP contribution in [0.15, 0.2) is 29.7 Å². The van der Waals surface area contributed by atoms with Crippen LogP contribution in [0, 0.1) is 0 Å². The minimum Gasteiger partial charge on any atom is -0.501 e. The molecule has 1 aliphatic carbocycles. The van der Waals surface area contributed by atoms with Gasteiger partial charge < -0.3 is 20.4 Å². The first-order valence-corrected chi connectivity index (χ1v) is 6.06. The number of hydrogen-bond donors (Lipinski definition) is 4. The lowest BCUT2D eigenvalue weighted by Crippen LogP contribution is -2.25. The standard InChI is InChI=1S/C14H12O7/c15-7(5-9(16)17)4-6-2-1-3-8-10(6)12(19)14(21)13(20)11(8)18/h1-3,7,15,20-21H,4-5H2,(H,16,17)/t7-/m0/s1. The summed E-state index contributed by atoms with van der Waals surface area (Å²) >= 11 is 0. The molecule has 21 heavy (non-hydrogen) atoms. The Hall–Kier alpha value is -2.67. The van der Waals surface area contributed by atoms with E-state index in [0.29, 0.717) is 0 Å². The van der Waals surface area contributed by atoms with Crippen molar-refractivity contribution in [1.82, 2.24) is 0 Å². The van der Waals surface area contributed by atoms with E-state index in [2.05, 4.69) is 0 Å². The number of carbonyl (C=O) groups excluding carboxylic acids is 2.